The molecular formula is C16H19N3. The van der Waals surface area contributed by atoms with Crippen molar-refractivity contribution in [2.24, 2.45) is 23.7 Å². The first kappa shape index (κ1) is 11.4. The highest BCUT2D eigenvalue weighted by Crippen LogP contribution is 2.59. The summed E-state index contributed by atoms with van der Waals surface area (Å²) in [6.45, 7) is 1.93. The summed E-state index contributed by atoms with van der Waals surface area (Å²) in [7, 11) is 0. The summed E-state index contributed by atoms with van der Waals surface area (Å²) in [6.07, 6.45) is 8.58. The van der Waals surface area contributed by atoms with Gasteiger partial charge in [0.1, 0.15) is 12.4 Å². The fourth-order valence-corrected chi connectivity index (χ4v) is 5.25. The Bertz CT molecular complexity index is 530. The van der Waals surface area contributed by atoms with Gasteiger partial charge >= 0.3 is 0 Å². The van der Waals surface area contributed by atoms with Crippen LogP contribution in [0.15, 0.2) is 6.33 Å². The van der Waals surface area contributed by atoms with Crippen LogP contribution in [0.4, 0.5) is 0 Å². The molecule has 0 aromatic carbocycles. The van der Waals surface area contributed by atoms with E-state index in [0.717, 1.165) is 40.6 Å². The second kappa shape index (κ2) is 4.03. The van der Waals surface area contributed by atoms with Crippen molar-refractivity contribution in [3.63, 3.8) is 0 Å². The third kappa shape index (κ3) is 1.62. The van der Waals surface area contributed by atoms with Crippen LogP contribution in [0.2, 0.25) is 0 Å². The van der Waals surface area contributed by atoms with Crippen LogP contribution in [0, 0.1) is 41.9 Å². The molecule has 0 spiro atoms. The maximum atomic E-state index is 9.42. The molecule has 3 heteroatoms. The molecule has 4 aliphatic rings. The van der Waals surface area contributed by atoms with Gasteiger partial charge in [-0.15, -0.1) is 0 Å². The van der Waals surface area contributed by atoms with E-state index >= 15 is 0 Å². The topological polar surface area (TPSA) is 49.6 Å². The second-order valence-electron chi connectivity index (χ2n) is 6.79. The van der Waals surface area contributed by atoms with Gasteiger partial charge in [0.2, 0.25) is 0 Å². The number of hydrogen-bond acceptors (Lipinski definition) is 3. The Morgan fingerprint density at radius 3 is 2.26 bits per heavy atom. The van der Waals surface area contributed by atoms with Crippen LogP contribution in [-0.2, 0) is 0 Å². The number of aromatic nitrogens is 2. The van der Waals surface area contributed by atoms with Crippen molar-refractivity contribution >= 4 is 0 Å². The minimum atomic E-state index is 0.532. The Balaban J connectivity index is 1.77. The molecule has 4 saturated carbocycles. The van der Waals surface area contributed by atoms with Crippen molar-refractivity contribution in [1.29, 1.82) is 5.26 Å². The number of nitriles is 1. The van der Waals surface area contributed by atoms with Crippen molar-refractivity contribution in [3.05, 3.63) is 23.3 Å². The molecular weight excluding hydrogens is 234 g/mol. The van der Waals surface area contributed by atoms with Crippen molar-refractivity contribution in [3.8, 4) is 6.07 Å². The first-order valence-electron chi connectivity index (χ1n) is 7.48. The molecule has 3 nitrogen and oxygen atoms in total. The molecule has 0 N–H and O–H groups in total. The van der Waals surface area contributed by atoms with Crippen molar-refractivity contribution in [2.45, 2.75) is 44.9 Å². The fourth-order valence-electron chi connectivity index (χ4n) is 5.25. The van der Waals surface area contributed by atoms with Gasteiger partial charge in [-0.3, -0.25) is 0 Å². The Hall–Kier alpha value is -1.43. The molecule has 1 aromatic heterocycles. The standard InChI is InChI=1S/C16H19N3/c1-9-14(7-17)16(19-8-18-9)15-12-3-10-2-11(5-12)6-13(15)4-10/h8,10-13,15H,2-6H2,1H3. The van der Waals surface area contributed by atoms with Crippen molar-refractivity contribution < 1.29 is 0 Å². The van der Waals surface area contributed by atoms with Gasteiger partial charge in [0.25, 0.3) is 0 Å². The Labute approximate surface area is 114 Å². The van der Waals surface area contributed by atoms with Gasteiger partial charge in [0, 0.05) is 5.92 Å². The smallest absolute Gasteiger partial charge is 0.116 e. The number of rotatable bonds is 1. The maximum absolute atomic E-state index is 9.42. The van der Waals surface area contributed by atoms with E-state index in [4.69, 9.17) is 0 Å². The lowest BCUT2D eigenvalue weighted by Crippen LogP contribution is -2.44. The summed E-state index contributed by atoms with van der Waals surface area (Å²) in [5.41, 5.74) is 2.66. The molecule has 4 bridgehead atoms. The summed E-state index contributed by atoms with van der Waals surface area (Å²) in [5.74, 6) is 4.01. The molecule has 4 fully saturated rings. The van der Waals surface area contributed by atoms with Crippen LogP contribution < -0.4 is 0 Å². The highest BCUT2D eigenvalue weighted by atomic mass is 14.9. The summed E-state index contributed by atoms with van der Waals surface area (Å²) in [4.78, 5) is 8.71. The predicted octanol–water partition coefficient (Wildman–Crippen LogP) is 3.20. The summed E-state index contributed by atoms with van der Waals surface area (Å²) in [5, 5.41) is 9.42. The third-order valence-corrected chi connectivity index (χ3v) is 5.72. The average molecular weight is 253 g/mol. The molecule has 4 aliphatic carbocycles. The summed E-state index contributed by atoms with van der Waals surface area (Å²) < 4.78 is 0. The van der Waals surface area contributed by atoms with Crippen LogP contribution in [0.5, 0.6) is 0 Å². The third-order valence-electron chi connectivity index (χ3n) is 5.72. The van der Waals surface area contributed by atoms with E-state index in [2.05, 4.69) is 16.0 Å². The quantitative estimate of drug-likeness (QED) is 0.772. The van der Waals surface area contributed by atoms with E-state index in [1.54, 1.807) is 6.33 Å². The van der Waals surface area contributed by atoms with Gasteiger partial charge in [-0.1, -0.05) is 0 Å². The van der Waals surface area contributed by atoms with E-state index in [0.29, 0.717) is 5.92 Å². The highest BCUT2D eigenvalue weighted by Gasteiger charge is 2.49. The molecule has 0 saturated heterocycles. The van der Waals surface area contributed by atoms with Gasteiger partial charge in [0.05, 0.1) is 17.0 Å². The van der Waals surface area contributed by atoms with E-state index < -0.39 is 0 Å². The summed E-state index contributed by atoms with van der Waals surface area (Å²) in [6, 6.07) is 2.35. The molecule has 0 atom stereocenters. The van der Waals surface area contributed by atoms with E-state index in [1.807, 2.05) is 6.92 Å². The molecule has 98 valence electrons. The molecule has 0 aliphatic heterocycles. The largest absolute Gasteiger partial charge is 0.240 e. The van der Waals surface area contributed by atoms with Gasteiger partial charge < -0.3 is 0 Å². The number of nitrogens with zero attached hydrogens (tertiary/aromatic N) is 3. The molecule has 0 unspecified atom stereocenters. The van der Waals surface area contributed by atoms with E-state index in [9.17, 15) is 5.26 Å². The first-order chi connectivity index (χ1) is 9.26. The van der Waals surface area contributed by atoms with Gasteiger partial charge in [-0.2, -0.15) is 5.26 Å². The first-order valence-corrected chi connectivity index (χ1v) is 7.48. The normalized spacial score (nSPS) is 39.3. The molecule has 0 amide bonds. The van der Waals surface area contributed by atoms with Crippen LogP contribution >= 0.6 is 0 Å². The summed E-state index contributed by atoms with van der Waals surface area (Å²) >= 11 is 0. The molecule has 0 radical (unpaired) electrons. The highest BCUT2D eigenvalue weighted by molar-refractivity contribution is 5.39. The van der Waals surface area contributed by atoms with E-state index in [1.165, 1.54) is 32.1 Å². The lowest BCUT2D eigenvalue weighted by molar-refractivity contribution is -0.00431. The van der Waals surface area contributed by atoms with Gasteiger partial charge in [0.15, 0.2) is 0 Å². The zero-order valence-electron chi connectivity index (χ0n) is 11.3. The monoisotopic (exact) mass is 253 g/mol. The number of aryl methyl sites for hydroxylation is 1. The van der Waals surface area contributed by atoms with Crippen LogP contribution in [0.25, 0.3) is 0 Å². The number of hydrogen-bond donors (Lipinski definition) is 0. The Morgan fingerprint density at radius 1 is 1.05 bits per heavy atom. The zero-order valence-corrected chi connectivity index (χ0v) is 11.3. The molecule has 1 aromatic rings. The molecule has 1 heterocycles. The second-order valence-corrected chi connectivity index (χ2v) is 6.79. The van der Waals surface area contributed by atoms with E-state index in [-0.39, 0.29) is 0 Å². The van der Waals surface area contributed by atoms with Crippen molar-refractivity contribution in [1.82, 2.24) is 9.97 Å². The van der Waals surface area contributed by atoms with Crippen LogP contribution in [0.3, 0.4) is 0 Å². The lowest BCUT2D eigenvalue weighted by atomic mass is 9.51. The molecule has 5 rings (SSSR count). The lowest BCUT2D eigenvalue weighted by Gasteiger charge is -2.54. The van der Waals surface area contributed by atoms with Crippen LogP contribution in [-0.4, -0.2) is 9.97 Å². The average Bonchev–Trinajstić information content (AvgIpc) is 2.37. The Kier molecular flexibility index (Phi) is 2.42. The van der Waals surface area contributed by atoms with Crippen molar-refractivity contribution in [2.75, 3.05) is 0 Å². The SMILES string of the molecule is Cc1ncnc(C2C3CC4CC(C3)CC2C4)c1C#N. The zero-order chi connectivity index (χ0) is 13.0. The minimum absolute atomic E-state index is 0.532. The minimum Gasteiger partial charge on any atom is -0.240 e. The Morgan fingerprint density at radius 2 is 1.68 bits per heavy atom. The maximum Gasteiger partial charge on any atom is 0.116 e. The fraction of sp³-hybridized carbons (Fsp3) is 0.688. The predicted molar refractivity (Wildman–Crippen MR) is 71.3 cm³/mol. The van der Waals surface area contributed by atoms with Gasteiger partial charge in [-0.25, -0.2) is 9.97 Å². The van der Waals surface area contributed by atoms with Crippen LogP contribution in [0.1, 0.15) is 55.0 Å². The van der Waals surface area contributed by atoms with Gasteiger partial charge in [-0.05, 0) is 62.7 Å². The molecule has 19 heavy (non-hydrogen) atoms.